The Balaban J connectivity index is 1.61. The van der Waals surface area contributed by atoms with Gasteiger partial charge in [0.2, 0.25) is 21.1 Å². The first-order valence-electron chi connectivity index (χ1n) is 7.39. The lowest BCUT2D eigenvalue weighted by molar-refractivity contribution is -0.115. The number of benzene rings is 1. The molecule has 0 spiro atoms. The molecule has 11 heteroatoms. The van der Waals surface area contributed by atoms with E-state index in [-0.39, 0.29) is 10.8 Å². The topological polar surface area (TPSA) is 131 Å². The summed E-state index contributed by atoms with van der Waals surface area (Å²) in [6, 6.07) is 9.50. The van der Waals surface area contributed by atoms with Gasteiger partial charge in [-0.05, 0) is 42.6 Å². The number of sulfonamides is 1. The molecule has 136 valence electrons. The predicted octanol–water partition coefficient (Wildman–Crippen LogP) is 2.30. The van der Waals surface area contributed by atoms with Gasteiger partial charge in [-0.3, -0.25) is 9.89 Å². The third kappa shape index (κ3) is 4.49. The van der Waals surface area contributed by atoms with Crippen molar-refractivity contribution in [3.05, 3.63) is 41.8 Å². The first-order chi connectivity index (χ1) is 12.3. The molecule has 8 nitrogen and oxygen atoms in total. The molecule has 0 fully saturated rings. The molecule has 0 aliphatic heterocycles. The number of nitrogens with zero attached hydrogens (tertiary/aromatic N) is 2. The number of carbonyl (C=O) groups is 1. The van der Waals surface area contributed by atoms with Crippen molar-refractivity contribution in [2.45, 2.75) is 22.2 Å². The highest BCUT2D eigenvalue weighted by Crippen LogP contribution is 2.25. The fraction of sp³-hybridized carbons (Fsp3) is 0.133. The largest absolute Gasteiger partial charge is 0.325 e. The third-order valence-corrected chi connectivity index (χ3v) is 6.09. The third-order valence-electron chi connectivity index (χ3n) is 3.32. The van der Waals surface area contributed by atoms with Crippen LogP contribution in [-0.4, -0.2) is 34.8 Å². The van der Waals surface area contributed by atoms with Gasteiger partial charge in [-0.25, -0.2) is 18.5 Å². The van der Waals surface area contributed by atoms with Gasteiger partial charge in [0.15, 0.2) is 5.82 Å². The van der Waals surface area contributed by atoms with Crippen molar-refractivity contribution in [2.75, 3.05) is 5.32 Å². The number of hydrogen-bond acceptors (Lipinski definition) is 7. The number of amides is 1. The minimum Gasteiger partial charge on any atom is -0.325 e. The number of hydrogen-bond donors (Lipinski definition) is 3. The molecule has 1 amide bonds. The maximum Gasteiger partial charge on any atom is 0.238 e. The van der Waals surface area contributed by atoms with E-state index in [4.69, 9.17) is 5.14 Å². The van der Waals surface area contributed by atoms with Crippen LogP contribution in [0.25, 0.3) is 10.7 Å². The lowest BCUT2D eigenvalue weighted by Gasteiger charge is -2.10. The minimum atomic E-state index is -3.76. The second-order valence-electron chi connectivity index (χ2n) is 5.26. The summed E-state index contributed by atoms with van der Waals surface area (Å²) < 4.78 is 22.5. The first-order valence-corrected chi connectivity index (χ1v) is 10.7. The number of thiophene rings is 1. The lowest BCUT2D eigenvalue weighted by atomic mass is 10.3. The molecular formula is C15H15N5O3S3. The molecule has 1 atom stereocenters. The number of aromatic amines is 1. The molecule has 0 bridgehead atoms. The lowest BCUT2D eigenvalue weighted by Crippen LogP contribution is -2.22. The number of rotatable bonds is 6. The fourth-order valence-corrected chi connectivity index (χ4v) is 3.91. The molecule has 2 aromatic heterocycles. The SMILES string of the molecule is C[C@H](Sc1n[nH]c(-c2cccs2)n1)C(=O)Nc1ccc(S(N)(=O)=O)cc1. The maximum atomic E-state index is 12.3. The average Bonchev–Trinajstić information content (AvgIpc) is 3.25. The monoisotopic (exact) mass is 409 g/mol. The highest BCUT2D eigenvalue weighted by molar-refractivity contribution is 8.00. The molecular weight excluding hydrogens is 394 g/mol. The van der Waals surface area contributed by atoms with Crippen molar-refractivity contribution in [1.29, 1.82) is 0 Å². The molecule has 0 aliphatic rings. The minimum absolute atomic E-state index is 0.0141. The Bertz CT molecular complexity index is 998. The van der Waals surface area contributed by atoms with Gasteiger partial charge < -0.3 is 5.32 Å². The van der Waals surface area contributed by atoms with E-state index in [1.807, 2.05) is 17.5 Å². The number of nitrogens with one attached hydrogen (secondary N) is 2. The van der Waals surface area contributed by atoms with Crippen LogP contribution in [0.5, 0.6) is 0 Å². The van der Waals surface area contributed by atoms with Gasteiger partial charge >= 0.3 is 0 Å². The van der Waals surface area contributed by atoms with E-state index < -0.39 is 15.3 Å². The summed E-state index contributed by atoms with van der Waals surface area (Å²) >= 11 is 2.76. The van der Waals surface area contributed by atoms with Gasteiger partial charge in [-0.15, -0.1) is 16.4 Å². The van der Waals surface area contributed by atoms with Crippen molar-refractivity contribution in [3.8, 4) is 10.7 Å². The van der Waals surface area contributed by atoms with Crippen LogP contribution in [0.4, 0.5) is 5.69 Å². The number of aromatic nitrogens is 3. The van der Waals surface area contributed by atoms with Gasteiger partial charge in [0, 0.05) is 5.69 Å². The molecule has 0 unspecified atom stereocenters. The number of nitrogens with two attached hydrogens (primary N) is 1. The zero-order valence-electron chi connectivity index (χ0n) is 13.5. The van der Waals surface area contributed by atoms with Crippen LogP contribution in [0.2, 0.25) is 0 Å². The maximum absolute atomic E-state index is 12.3. The van der Waals surface area contributed by atoms with Gasteiger partial charge in [0.05, 0.1) is 15.0 Å². The van der Waals surface area contributed by atoms with E-state index >= 15 is 0 Å². The average molecular weight is 410 g/mol. The molecule has 0 aliphatic carbocycles. The van der Waals surface area contributed by atoms with Crippen LogP contribution in [0.1, 0.15) is 6.92 Å². The van der Waals surface area contributed by atoms with Crippen molar-refractivity contribution < 1.29 is 13.2 Å². The second kappa shape index (κ2) is 7.58. The van der Waals surface area contributed by atoms with Gasteiger partial charge in [-0.1, -0.05) is 17.8 Å². The van der Waals surface area contributed by atoms with E-state index in [2.05, 4.69) is 20.5 Å². The summed E-state index contributed by atoms with van der Waals surface area (Å²) in [5.41, 5.74) is 0.476. The first kappa shape index (κ1) is 18.6. The normalized spacial score (nSPS) is 12.7. The van der Waals surface area contributed by atoms with E-state index in [9.17, 15) is 13.2 Å². The molecule has 0 saturated carbocycles. The van der Waals surface area contributed by atoms with Crippen molar-refractivity contribution in [3.63, 3.8) is 0 Å². The molecule has 26 heavy (non-hydrogen) atoms. The number of carbonyl (C=O) groups excluding carboxylic acids is 1. The van der Waals surface area contributed by atoms with Gasteiger partial charge in [0.25, 0.3) is 0 Å². The number of primary sulfonamides is 1. The second-order valence-corrected chi connectivity index (χ2v) is 9.08. The Hall–Kier alpha value is -2.21. The fourth-order valence-electron chi connectivity index (χ4n) is 2.01. The number of anilines is 1. The molecule has 4 N–H and O–H groups in total. The molecule has 0 saturated heterocycles. The zero-order chi connectivity index (χ0) is 18.7. The Kier molecular flexibility index (Phi) is 5.41. The summed E-state index contributed by atoms with van der Waals surface area (Å²) in [6.07, 6.45) is 0. The van der Waals surface area contributed by atoms with Crippen LogP contribution >= 0.6 is 23.1 Å². The predicted molar refractivity (Wildman–Crippen MR) is 101 cm³/mol. The van der Waals surface area contributed by atoms with Gasteiger partial charge in [-0.2, -0.15) is 0 Å². The highest BCUT2D eigenvalue weighted by atomic mass is 32.2. The van der Waals surface area contributed by atoms with E-state index in [0.29, 0.717) is 16.7 Å². The quantitative estimate of drug-likeness (QED) is 0.535. The van der Waals surface area contributed by atoms with E-state index in [1.54, 1.807) is 18.3 Å². The Morgan fingerprint density at radius 3 is 2.65 bits per heavy atom. The summed E-state index contributed by atoms with van der Waals surface area (Å²) in [7, 11) is -3.76. The number of H-pyrrole nitrogens is 1. The molecule has 3 aromatic rings. The highest BCUT2D eigenvalue weighted by Gasteiger charge is 2.18. The smallest absolute Gasteiger partial charge is 0.238 e. The summed E-state index contributed by atoms with van der Waals surface area (Å²) in [4.78, 5) is 17.6. The Labute approximate surface area is 158 Å². The van der Waals surface area contributed by atoms with Crippen LogP contribution in [0.3, 0.4) is 0 Å². The van der Waals surface area contributed by atoms with Crippen LogP contribution in [-0.2, 0) is 14.8 Å². The molecule has 0 radical (unpaired) electrons. The standard InChI is InChI=1S/C15H15N5O3S3/c1-9(25-15-18-13(19-20-15)12-3-2-8-24-12)14(21)17-10-4-6-11(7-5-10)26(16,22)23/h2-9H,1H3,(H,17,21)(H2,16,22,23)(H,18,19,20)/t9-/m0/s1. The van der Waals surface area contributed by atoms with Crippen LogP contribution < -0.4 is 10.5 Å². The van der Waals surface area contributed by atoms with E-state index in [1.165, 1.54) is 36.0 Å². The van der Waals surface area contributed by atoms with E-state index in [0.717, 1.165) is 4.88 Å². The van der Waals surface area contributed by atoms with Crippen LogP contribution in [0, 0.1) is 0 Å². The van der Waals surface area contributed by atoms with Crippen molar-refractivity contribution >= 4 is 44.7 Å². The zero-order valence-corrected chi connectivity index (χ0v) is 16.0. The van der Waals surface area contributed by atoms with Gasteiger partial charge in [0.1, 0.15) is 0 Å². The number of thioether (sulfide) groups is 1. The molecule has 2 heterocycles. The van der Waals surface area contributed by atoms with Crippen LogP contribution in [0.15, 0.2) is 51.8 Å². The summed E-state index contributed by atoms with van der Waals surface area (Å²) in [6.45, 7) is 1.74. The summed E-state index contributed by atoms with van der Waals surface area (Å²) in [5.74, 6) is 0.412. The Morgan fingerprint density at radius 1 is 1.31 bits per heavy atom. The molecule has 3 rings (SSSR count). The van der Waals surface area contributed by atoms with Crippen molar-refractivity contribution in [1.82, 2.24) is 15.2 Å². The Morgan fingerprint density at radius 2 is 2.04 bits per heavy atom. The molecule has 1 aromatic carbocycles. The van der Waals surface area contributed by atoms with Crippen molar-refractivity contribution in [2.24, 2.45) is 5.14 Å². The summed E-state index contributed by atoms with van der Waals surface area (Å²) in [5, 5.41) is 16.7.